The number of carbonyl (C=O) groups excluding carboxylic acids is 2. The van der Waals surface area contributed by atoms with Crippen molar-refractivity contribution < 1.29 is 18.7 Å². The van der Waals surface area contributed by atoms with E-state index in [1.54, 1.807) is 23.7 Å². The Balaban J connectivity index is 1.55. The Kier molecular flexibility index (Phi) is 6.08. The van der Waals surface area contributed by atoms with E-state index in [2.05, 4.69) is 10.4 Å². The Morgan fingerprint density at radius 3 is 2.41 bits per heavy atom. The molecular formula is C25H26FN3O3. The fourth-order valence-electron chi connectivity index (χ4n) is 4.07. The van der Waals surface area contributed by atoms with Crippen LogP contribution in [-0.4, -0.2) is 27.8 Å². The van der Waals surface area contributed by atoms with Gasteiger partial charge in [0.25, 0.3) is 5.91 Å². The van der Waals surface area contributed by atoms with Crippen LogP contribution in [0.3, 0.4) is 0 Å². The zero-order valence-electron chi connectivity index (χ0n) is 18.4. The number of fused-ring (bicyclic) bond motifs is 1. The number of ether oxygens (including phenoxy) is 1. The van der Waals surface area contributed by atoms with E-state index in [4.69, 9.17) is 4.74 Å². The molecule has 1 unspecified atom stereocenters. The molecule has 1 aliphatic rings. The maximum Gasteiger partial charge on any atom is 0.359 e. The van der Waals surface area contributed by atoms with Crippen molar-refractivity contribution in [1.82, 2.24) is 9.78 Å². The Morgan fingerprint density at radius 1 is 1.06 bits per heavy atom. The molecule has 0 fully saturated rings. The second-order valence-electron chi connectivity index (χ2n) is 8.17. The minimum atomic E-state index is -0.989. The number of benzene rings is 2. The molecular weight excluding hydrogens is 409 g/mol. The maximum absolute atomic E-state index is 13.4. The number of nitrogens with zero attached hydrogens (tertiary/aromatic N) is 2. The number of hydrogen-bond donors (Lipinski definition) is 1. The van der Waals surface area contributed by atoms with Crippen LogP contribution in [0.25, 0.3) is 5.69 Å². The third-order valence-corrected chi connectivity index (χ3v) is 5.83. The summed E-state index contributed by atoms with van der Waals surface area (Å²) in [6, 6.07) is 11.7. The van der Waals surface area contributed by atoms with Crippen LogP contribution in [0, 0.1) is 19.7 Å². The van der Waals surface area contributed by atoms with Crippen molar-refractivity contribution in [2.75, 3.05) is 5.32 Å². The number of carbonyl (C=O) groups is 2. The predicted molar refractivity (Wildman–Crippen MR) is 120 cm³/mol. The quantitative estimate of drug-likeness (QED) is 0.590. The van der Waals surface area contributed by atoms with Gasteiger partial charge in [-0.2, -0.15) is 5.10 Å². The minimum absolute atomic E-state index is 0.218. The number of amides is 1. The number of anilines is 1. The third kappa shape index (κ3) is 4.28. The fourth-order valence-corrected chi connectivity index (χ4v) is 4.07. The lowest BCUT2D eigenvalue weighted by Gasteiger charge is -2.16. The summed E-state index contributed by atoms with van der Waals surface area (Å²) < 4.78 is 20.5. The van der Waals surface area contributed by atoms with E-state index in [0.717, 1.165) is 47.3 Å². The standard InChI is InChI=1S/C25H26FN3O3/c1-15-7-6-8-16(2)22(15)27-24(30)17(3)32-25(31)23-20-9-4-5-10-21(20)29(28-23)19-13-11-18(26)12-14-19/h6-8,11-14,17H,4-5,9-10H2,1-3H3,(H,27,30). The van der Waals surface area contributed by atoms with E-state index in [0.29, 0.717) is 12.1 Å². The molecule has 0 saturated heterocycles. The van der Waals surface area contributed by atoms with E-state index < -0.39 is 18.0 Å². The van der Waals surface area contributed by atoms with E-state index >= 15 is 0 Å². The summed E-state index contributed by atoms with van der Waals surface area (Å²) in [4.78, 5) is 25.7. The molecule has 1 aromatic heterocycles. The molecule has 0 spiro atoms. The van der Waals surface area contributed by atoms with Crippen molar-refractivity contribution >= 4 is 17.6 Å². The normalized spacial score (nSPS) is 13.9. The largest absolute Gasteiger partial charge is 0.448 e. The Bertz CT molecular complexity index is 1150. The highest BCUT2D eigenvalue weighted by Crippen LogP contribution is 2.28. The summed E-state index contributed by atoms with van der Waals surface area (Å²) >= 11 is 0. The van der Waals surface area contributed by atoms with Gasteiger partial charge in [0.05, 0.1) is 5.69 Å². The van der Waals surface area contributed by atoms with Gasteiger partial charge in [0.2, 0.25) is 0 Å². The van der Waals surface area contributed by atoms with Gasteiger partial charge in [0.15, 0.2) is 11.8 Å². The second-order valence-corrected chi connectivity index (χ2v) is 8.17. The number of esters is 1. The molecule has 2 aromatic carbocycles. The first-order valence-corrected chi connectivity index (χ1v) is 10.8. The number of nitrogens with one attached hydrogen (secondary N) is 1. The van der Waals surface area contributed by atoms with Crippen molar-refractivity contribution in [1.29, 1.82) is 0 Å². The average molecular weight is 435 g/mol. The van der Waals surface area contributed by atoms with Crippen LogP contribution in [-0.2, 0) is 22.4 Å². The minimum Gasteiger partial charge on any atom is -0.448 e. The second kappa shape index (κ2) is 8.94. The fraction of sp³-hybridized carbons (Fsp3) is 0.320. The third-order valence-electron chi connectivity index (χ3n) is 5.83. The molecule has 166 valence electrons. The number of rotatable bonds is 5. The van der Waals surface area contributed by atoms with E-state index in [-0.39, 0.29) is 11.5 Å². The molecule has 1 atom stereocenters. The summed E-state index contributed by atoms with van der Waals surface area (Å²) in [6.07, 6.45) is 2.43. The van der Waals surface area contributed by atoms with Crippen LogP contribution in [0.1, 0.15) is 52.6 Å². The number of aromatic nitrogens is 2. The maximum atomic E-state index is 13.4. The van der Waals surface area contributed by atoms with Gasteiger partial charge in [-0.15, -0.1) is 0 Å². The number of para-hydroxylation sites is 1. The SMILES string of the molecule is Cc1cccc(C)c1NC(=O)C(C)OC(=O)c1nn(-c2ccc(F)cc2)c2c1CCCC2. The van der Waals surface area contributed by atoms with Crippen molar-refractivity contribution in [3.8, 4) is 5.69 Å². The highest BCUT2D eigenvalue weighted by molar-refractivity contribution is 5.98. The summed E-state index contributed by atoms with van der Waals surface area (Å²) in [6.45, 7) is 5.37. The number of halogens is 1. The van der Waals surface area contributed by atoms with Gasteiger partial charge in [-0.1, -0.05) is 18.2 Å². The molecule has 1 amide bonds. The molecule has 7 heteroatoms. The highest BCUT2D eigenvalue weighted by Gasteiger charge is 2.29. The van der Waals surface area contributed by atoms with Gasteiger partial charge >= 0.3 is 5.97 Å². The topological polar surface area (TPSA) is 73.2 Å². The molecule has 1 N–H and O–H groups in total. The zero-order chi connectivity index (χ0) is 22.8. The van der Waals surface area contributed by atoms with Gasteiger partial charge in [-0.05, 0) is 81.8 Å². The Morgan fingerprint density at radius 2 is 1.72 bits per heavy atom. The van der Waals surface area contributed by atoms with Crippen LogP contribution in [0.15, 0.2) is 42.5 Å². The summed E-state index contributed by atoms with van der Waals surface area (Å²) in [5.41, 5.74) is 5.27. The molecule has 6 nitrogen and oxygen atoms in total. The number of hydrogen-bond acceptors (Lipinski definition) is 4. The summed E-state index contributed by atoms with van der Waals surface area (Å²) in [5.74, 6) is -1.37. The van der Waals surface area contributed by atoms with Gasteiger partial charge in [0, 0.05) is 16.9 Å². The summed E-state index contributed by atoms with van der Waals surface area (Å²) in [5, 5.41) is 7.36. The van der Waals surface area contributed by atoms with E-state index in [1.165, 1.54) is 12.1 Å². The van der Waals surface area contributed by atoms with Crippen LogP contribution in [0.2, 0.25) is 0 Å². The first-order valence-electron chi connectivity index (χ1n) is 10.8. The molecule has 3 aromatic rings. The van der Waals surface area contributed by atoms with Crippen molar-refractivity contribution in [3.05, 3.63) is 76.4 Å². The first-order chi connectivity index (χ1) is 15.3. The first kappa shape index (κ1) is 21.7. The highest BCUT2D eigenvalue weighted by atomic mass is 19.1. The molecule has 0 radical (unpaired) electrons. The summed E-state index contributed by atoms with van der Waals surface area (Å²) in [7, 11) is 0. The molecule has 1 aliphatic carbocycles. The average Bonchev–Trinajstić information content (AvgIpc) is 3.16. The van der Waals surface area contributed by atoms with Crippen molar-refractivity contribution in [3.63, 3.8) is 0 Å². The van der Waals surface area contributed by atoms with Gasteiger partial charge < -0.3 is 10.1 Å². The molecule has 1 heterocycles. The van der Waals surface area contributed by atoms with Crippen molar-refractivity contribution in [2.45, 2.75) is 52.6 Å². The van der Waals surface area contributed by atoms with Crippen LogP contribution in [0.4, 0.5) is 10.1 Å². The lowest BCUT2D eigenvalue weighted by Crippen LogP contribution is -2.31. The lowest BCUT2D eigenvalue weighted by atomic mass is 9.95. The Hall–Kier alpha value is -3.48. The molecule has 4 rings (SSSR count). The monoisotopic (exact) mass is 435 g/mol. The smallest absolute Gasteiger partial charge is 0.359 e. The van der Waals surface area contributed by atoms with Gasteiger partial charge in [0.1, 0.15) is 5.82 Å². The predicted octanol–water partition coefficient (Wildman–Crippen LogP) is 4.69. The molecule has 0 aliphatic heterocycles. The molecule has 32 heavy (non-hydrogen) atoms. The van der Waals surface area contributed by atoms with Crippen LogP contribution < -0.4 is 5.32 Å². The number of aryl methyl sites for hydroxylation is 2. The zero-order valence-corrected chi connectivity index (χ0v) is 18.4. The Labute approximate surface area is 186 Å². The van der Waals surface area contributed by atoms with Crippen LogP contribution >= 0.6 is 0 Å². The molecule has 0 saturated carbocycles. The van der Waals surface area contributed by atoms with E-state index in [9.17, 15) is 14.0 Å². The van der Waals surface area contributed by atoms with Gasteiger partial charge in [-0.3, -0.25) is 4.79 Å². The molecule has 0 bridgehead atoms. The van der Waals surface area contributed by atoms with Gasteiger partial charge in [-0.25, -0.2) is 13.9 Å². The lowest BCUT2D eigenvalue weighted by molar-refractivity contribution is -0.123. The van der Waals surface area contributed by atoms with Crippen LogP contribution in [0.5, 0.6) is 0 Å². The van der Waals surface area contributed by atoms with Crippen molar-refractivity contribution in [2.24, 2.45) is 0 Å². The van der Waals surface area contributed by atoms with E-state index in [1.807, 2.05) is 32.0 Å².